The number of amides is 1. The second kappa shape index (κ2) is 16.7. The van der Waals surface area contributed by atoms with Crippen LogP contribution in [0.2, 0.25) is 5.02 Å². The van der Waals surface area contributed by atoms with Crippen molar-refractivity contribution in [1.82, 2.24) is 25.9 Å². The molecule has 3 heterocycles. The van der Waals surface area contributed by atoms with E-state index in [0.29, 0.717) is 48.8 Å². The Labute approximate surface area is 311 Å². The zero-order valence-electron chi connectivity index (χ0n) is 29.9. The molecule has 1 fully saturated rings. The van der Waals surface area contributed by atoms with Gasteiger partial charge < -0.3 is 35.8 Å². The summed E-state index contributed by atoms with van der Waals surface area (Å²) in [6.45, 7) is 3.06. The van der Waals surface area contributed by atoms with Crippen molar-refractivity contribution in [3.8, 4) is 34.0 Å². The largest absolute Gasteiger partial charge is 0.496 e. The molecule has 0 bridgehead atoms. The number of nitrogens with one attached hydrogen (secondary N) is 4. The molecule has 1 amide bonds. The molecule has 4 aromatic rings. The number of aromatic nitrogens is 2. The molecule has 0 spiro atoms. The summed E-state index contributed by atoms with van der Waals surface area (Å²) in [5.41, 5.74) is 5.16. The quantitative estimate of drug-likeness (QED) is 0.0942. The average molecular weight is 753 g/mol. The molecule has 6 rings (SSSR count). The predicted molar refractivity (Wildman–Crippen MR) is 198 cm³/mol. The smallest absolute Gasteiger partial charge is 0.419 e. The zero-order valence-corrected chi connectivity index (χ0v) is 30.6. The number of aliphatic hydroxyl groups is 1. The number of carbonyl (C=O) groups is 1. The van der Waals surface area contributed by atoms with Gasteiger partial charge >= 0.3 is 6.18 Å². The minimum atomic E-state index is -4.67. The molecule has 2 aromatic heterocycles. The lowest BCUT2D eigenvalue weighted by Gasteiger charge is -2.30. The summed E-state index contributed by atoms with van der Waals surface area (Å²) in [5, 5.41) is 22.4. The molecule has 1 aliphatic carbocycles. The van der Waals surface area contributed by atoms with E-state index in [0.717, 1.165) is 52.3 Å². The molecular weight excluding hydrogens is 709 g/mol. The van der Waals surface area contributed by atoms with Crippen molar-refractivity contribution in [3.05, 3.63) is 87.6 Å². The Bertz CT molecular complexity index is 1940. The van der Waals surface area contributed by atoms with E-state index in [1.807, 2.05) is 42.5 Å². The number of alkyl halides is 3. The lowest BCUT2D eigenvalue weighted by Crippen LogP contribution is -2.35. The summed E-state index contributed by atoms with van der Waals surface area (Å²) < 4.78 is 54.5. The number of ether oxygens (including phenoxy) is 2. The summed E-state index contributed by atoms with van der Waals surface area (Å²) in [5.74, 6) is 0.516. The minimum Gasteiger partial charge on any atom is -0.496 e. The van der Waals surface area contributed by atoms with Gasteiger partial charge in [0.05, 0.1) is 42.6 Å². The molecule has 282 valence electrons. The van der Waals surface area contributed by atoms with Crippen LogP contribution in [0.15, 0.2) is 54.7 Å². The lowest BCUT2D eigenvalue weighted by atomic mass is 9.83. The molecule has 0 saturated carbocycles. The van der Waals surface area contributed by atoms with Gasteiger partial charge in [0.1, 0.15) is 11.6 Å². The highest BCUT2D eigenvalue weighted by molar-refractivity contribution is 6.35. The van der Waals surface area contributed by atoms with E-state index in [9.17, 15) is 23.1 Å². The van der Waals surface area contributed by atoms with Crippen molar-refractivity contribution in [3.63, 3.8) is 0 Å². The van der Waals surface area contributed by atoms with Crippen LogP contribution in [-0.2, 0) is 30.5 Å². The predicted octanol–water partition coefficient (Wildman–Crippen LogP) is 6.83. The number of rotatable bonds is 14. The van der Waals surface area contributed by atoms with Crippen molar-refractivity contribution in [1.29, 1.82) is 0 Å². The molecule has 1 aliphatic heterocycles. The van der Waals surface area contributed by atoms with E-state index in [1.165, 1.54) is 7.11 Å². The van der Waals surface area contributed by atoms with E-state index in [4.69, 9.17) is 21.1 Å². The first kappa shape index (κ1) is 38.3. The number of nitrogens with zero attached hydrogens (tertiary/aromatic N) is 2. The second-order valence-corrected chi connectivity index (χ2v) is 13.9. The molecule has 0 radical (unpaired) electrons. The van der Waals surface area contributed by atoms with Crippen LogP contribution in [-0.4, -0.2) is 60.4 Å². The van der Waals surface area contributed by atoms with Crippen molar-refractivity contribution < 1.29 is 32.5 Å². The maximum atomic E-state index is 14.4. The van der Waals surface area contributed by atoms with Crippen LogP contribution >= 0.6 is 11.6 Å². The third kappa shape index (κ3) is 8.86. The summed E-state index contributed by atoms with van der Waals surface area (Å²) in [6.07, 6.45) is -0.218. The highest BCUT2D eigenvalue weighted by Crippen LogP contribution is 2.44. The SMILES string of the molecule is COc1cc(-c2nccc(-c3cccc4c3CCC[C@@H]4Nc3nc(OC)c(CNCC(C)O)cc3C(F)(F)F)c2Cl)ccc1CNC[C@@H]1CCC(=O)N1. The first-order valence-corrected chi connectivity index (χ1v) is 18.1. The Kier molecular flexibility index (Phi) is 12.1. The van der Waals surface area contributed by atoms with E-state index in [-0.39, 0.29) is 42.3 Å². The van der Waals surface area contributed by atoms with Crippen LogP contribution in [0.5, 0.6) is 11.6 Å². The van der Waals surface area contributed by atoms with Crippen molar-refractivity contribution in [2.45, 2.75) is 76.5 Å². The number of anilines is 1. The Balaban J connectivity index is 1.27. The number of pyridine rings is 2. The highest BCUT2D eigenvalue weighted by atomic mass is 35.5. The van der Waals surface area contributed by atoms with E-state index in [2.05, 4.69) is 31.2 Å². The van der Waals surface area contributed by atoms with Crippen molar-refractivity contribution in [2.24, 2.45) is 0 Å². The van der Waals surface area contributed by atoms with Gasteiger partial charge in [-0.1, -0.05) is 41.9 Å². The van der Waals surface area contributed by atoms with E-state index < -0.39 is 23.9 Å². The fourth-order valence-corrected chi connectivity index (χ4v) is 7.42. The van der Waals surface area contributed by atoms with Gasteiger partial charge in [-0.3, -0.25) is 9.78 Å². The number of hydrogen-bond acceptors (Lipinski definition) is 9. The Hall–Kier alpha value is -4.43. The van der Waals surface area contributed by atoms with Crippen LogP contribution in [0, 0.1) is 0 Å². The fraction of sp³-hybridized carbons (Fsp3) is 0.410. The molecule has 3 atom stereocenters. The van der Waals surface area contributed by atoms with Gasteiger partial charge in [-0.25, -0.2) is 0 Å². The second-order valence-electron chi connectivity index (χ2n) is 13.5. The molecular formula is C39H44ClF3N6O4. The molecule has 1 saturated heterocycles. The lowest BCUT2D eigenvalue weighted by molar-refractivity contribution is -0.137. The van der Waals surface area contributed by atoms with Gasteiger partial charge in [-0.2, -0.15) is 18.2 Å². The van der Waals surface area contributed by atoms with Crippen LogP contribution in [0.1, 0.15) is 66.5 Å². The van der Waals surface area contributed by atoms with Crippen molar-refractivity contribution in [2.75, 3.05) is 32.6 Å². The monoisotopic (exact) mass is 752 g/mol. The molecule has 5 N–H and O–H groups in total. The summed E-state index contributed by atoms with van der Waals surface area (Å²) in [6, 6.07) is 14.2. The topological polar surface area (TPSA) is 130 Å². The first-order valence-electron chi connectivity index (χ1n) is 17.7. The van der Waals surface area contributed by atoms with Crippen LogP contribution in [0.25, 0.3) is 22.4 Å². The third-order valence-corrected chi connectivity index (χ3v) is 10.0. The number of halogens is 4. The van der Waals surface area contributed by atoms with Gasteiger partial charge in [-0.05, 0) is 67.5 Å². The van der Waals surface area contributed by atoms with Crippen LogP contribution < -0.4 is 30.7 Å². The number of methoxy groups -OCH3 is 2. The Morgan fingerprint density at radius 3 is 2.55 bits per heavy atom. The molecule has 2 aromatic carbocycles. The highest BCUT2D eigenvalue weighted by Gasteiger charge is 2.37. The number of hydrogen-bond donors (Lipinski definition) is 5. The third-order valence-electron chi connectivity index (χ3n) is 9.66. The standard InChI is InChI=1S/C39H44ClF3N6O4/c1-22(50)18-44-20-25-16-31(39(41,42)43)37(49-38(25)53-3)48-32-9-5-7-27-28(6-4-8-29(27)32)30-14-15-46-36(35(30)40)23-10-11-24(33(17-23)52-2)19-45-21-26-12-13-34(51)47-26/h4,6,8,10-11,14-17,22,26,32,44-45,50H,5,7,9,12-13,18-21H2,1-3H3,(H,47,51)(H,48,49)/t22?,26-,32-/m0/s1. The number of aliphatic hydroxyl groups excluding tert-OH is 1. The molecule has 14 heteroatoms. The van der Waals surface area contributed by atoms with Crippen LogP contribution in [0.3, 0.4) is 0 Å². The Morgan fingerprint density at radius 2 is 1.83 bits per heavy atom. The first-order chi connectivity index (χ1) is 25.5. The van der Waals surface area contributed by atoms with E-state index >= 15 is 0 Å². The van der Waals surface area contributed by atoms with Gasteiger partial charge in [0, 0.05) is 67.1 Å². The van der Waals surface area contributed by atoms with Gasteiger partial charge in [-0.15, -0.1) is 0 Å². The minimum absolute atomic E-state index is 0.0468. The van der Waals surface area contributed by atoms with Gasteiger partial charge in [0.2, 0.25) is 11.8 Å². The fourth-order valence-electron chi connectivity index (χ4n) is 7.10. The maximum absolute atomic E-state index is 14.4. The van der Waals surface area contributed by atoms with Crippen LogP contribution in [0.4, 0.5) is 19.0 Å². The molecule has 2 aliphatic rings. The number of fused-ring (bicyclic) bond motifs is 1. The number of benzene rings is 2. The van der Waals surface area contributed by atoms with E-state index in [1.54, 1.807) is 20.2 Å². The van der Waals surface area contributed by atoms with Crippen molar-refractivity contribution >= 4 is 23.3 Å². The molecule has 53 heavy (non-hydrogen) atoms. The molecule has 1 unspecified atom stereocenters. The molecule has 10 nitrogen and oxygen atoms in total. The average Bonchev–Trinajstić information content (AvgIpc) is 3.56. The summed E-state index contributed by atoms with van der Waals surface area (Å²) >= 11 is 7.13. The Morgan fingerprint density at radius 1 is 1.02 bits per heavy atom. The summed E-state index contributed by atoms with van der Waals surface area (Å²) in [7, 11) is 2.98. The summed E-state index contributed by atoms with van der Waals surface area (Å²) in [4.78, 5) is 20.5. The zero-order chi connectivity index (χ0) is 37.7. The van der Waals surface area contributed by atoms with Gasteiger partial charge in [0.15, 0.2) is 0 Å². The normalized spacial score (nSPS) is 17.6. The maximum Gasteiger partial charge on any atom is 0.419 e. The number of carbonyl (C=O) groups excluding carboxylic acids is 1. The van der Waals surface area contributed by atoms with Gasteiger partial charge in [0.25, 0.3) is 0 Å².